The maximum atomic E-state index is 11.1. The topological polar surface area (TPSA) is 680 Å². The summed E-state index contributed by atoms with van der Waals surface area (Å²) in [5.41, 5.74) is 65.3. The summed E-state index contributed by atoms with van der Waals surface area (Å²) in [6, 6.07) is -7.32. The molecule has 0 spiro atoms. The van der Waals surface area contributed by atoms with Gasteiger partial charge < -0.3 is 191 Å². The van der Waals surface area contributed by atoms with Crippen LogP contribution < -0.4 is 63.1 Å². The van der Waals surface area contributed by atoms with Crippen LogP contribution in [0.4, 0.5) is 0 Å². The molecule has 0 amide bonds. The van der Waals surface area contributed by atoms with Gasteiger partial charge in [-0.1, -0.05) is 6.92 Å². The molecular formula is C47H93N11O26. The fraction of sp³-hybridized carbons (Fsp3) is 1.00. The number of hydrogen-bond donors (Lipinski definition) is 25. The first kappa shape index (κ1) is 70.0. The van der Waals surface area contributed by atoms with Crippen LogP contribution in [0.1, 0.15) is 19.8 Å². The summed E-state index contributed by atoms with van der Waals surface area (Å²) in [6.07, 6.45) is -38.6. The van der Waals surface area contributed by atoms with E-state index in [1.54, 1.807) is 6.92 Å². The molecule has 37 heteroatoms. The molecule has 84 heavy (non-hydrogen) atoms. The van der Waals surface area contributed by atoms with Gasteiger partial charge in [0.1, 0.15) is 134 Å². The Balaban J connectivity index is 0.000000241. The number of hydrogen-bond acceptors (Lipinski definition) is 37. The molecule has 6 heterocycles. The smallest absolute Gasteiger partial charge is 0.187 e. The Kier molecular flexibility index (Phi) is 25.1. The molecule has 6 aliphatic heterocycles. The van der Waals surface area contributed by atoms with Crippen molar-refractivity contribution in [3.8, 4) is 0 Å². The fourth-order valence-electron chi connectivity index (χ4n) is 11.7. The van der Waals surface area contributed by atoms with Crippen molar-refractivity contribution in [1.29, 1.82) is 0 Å². The second-order valence-electron chi connectivity index (χ2n) is 22.8. The predicted octanol–water partition coefficient (Wildman–Crippen LogP) is -16.5. The summed E-state index contributed by atoms with van der Waals surface area (Å²) in [6.45, 7) is -0.132. The van der Waals surface area contributed by atoms with Crippen molar-refractivity contribution in [3.63, 3.8) is 0 Å². The summed E-state index contributed by atoms with van der Waals surface area (Å²) in [5, 5.41) is 146. The van der Waals surface area contributed by atoms with Crippen molar-refractivity contribution >= 4 is 0 Å². The van der Waals surface area contributed by atoms with Crippen molar-refractivity contribution in [2.75, 3.05) is 39.4 Å². The zero-order valence-corrected chi connectivity index (χ0v) is 46.1. The second-order valence-corrected chi connectivity index (χ2v) is 22.8. The standard InChI is InChI=1S/C24H47N5O13.C23H46N6O13/c1-6-2-7(27)19(40-22-11(28)16(34)14(32)8(3-25)37-22)21(13(6)31)42-24-18(36)20(10(5-30)39-24)41-23-12(29)17(35)15(33)9(4-26)38-23;24-2-7-13(32)15(34)10(28)21(37-7)40-18-6(27)1-5(26)12(31)20(18)42-23-17(36)19(9(4-30)39-23)41-22-11(29)16(35)14(33)8(3-25)38-22/h6-24,30-36H,2-5,25-29H2,1H3;5-23,30-36H,1-4,24-29H2/t6-,7+,8-,9-,10-,11-,12-,13+,14-,15-,16-,17-,18-,19-,20-,21+,22-,23-,24+;5-,6+,7-,8+,9-,10-,11-,12+,13-,14-,15-,16-,17-,18-,19-,20+,21-,22-,23+/m11/s1. The van der Waals surface area contributed by atoms with E-state index in [4.69, 9.17) is 120 Å². The Morgan fingerprint density at radius 2 is 0.560 bits per heavy atom. The Morgan fingerprint density at radius 3 is 0.857 bits per heavy atom. The molecule has 0 aromatic rings. The molecule has 36 N–H and O–H groups in total. The first-order valence-electron chi connectivity index (χ1n) is 28.0. The van der Waals surface area contributed by atoms with E-state index in [0.29, 0.717) is 6.42 Å². The lowest BCUT2D eigenvalue weighted by Crippen LogP contribution is -2.68. The maximum absolute atomic E-state index is 11.1. The second kappa shape index (κ2) is 30.1. The van der Waals surface area contributed by atoms with Crippen LogP contribution in [-0.2, 0) is 56.8 Å². The Morgan fingerprint density at radius 1 is 0.298 bits per heavy atom. The third-order valence-corrected chi connectivity index (χ3v) is 17.0. The van der Waals surface area contributed by atoms with Gasteiger partial charge in [-0.25, -0.2) is 0 Å². The van der Waals surface area contributed by atoms with E-state index in [9.17, 15) is 71.5 Å². The molecule has 492 valence electrons. The number of aliphatic hydroxyl groups is 14. The number of ether oxygens (including phenoxy) is 12. The van der Waals surface area contributed by atoms with Gasteiger partial charge in [0.25, 0.3) is 0 Å². The minimum atomic E-state index is -1.60. The molecular weight excluding hydrogens is 1130 g/mol. The first-order chi connectivity index (χ1) is 39.7. The van der Waals surface area contributed by atoms with Crippen LogP contribution in [-0.4, -0.2) is 337 Å². The van der Waals surface area contributed by atoms with Crippen LogP contribution in [0.3, 0.4) is 0 Å². The average Bonchev–Trinajstić information content (AvgIpc) is 2.56. The van der Waals surface area contributed by atoms with Gasteiger partial charge >= 0.3 is 0 Å². The minimum Gasteiger partial charge on any atom is -0.394 e. The monoisotopic (exact) mass is 1230 g/mol. The molecule has 0 unspecified atom stereocenters. The molecule has 6 saturated heterocycles. The van der Waals surface area contributed by atoms with Gasteiger partial charge in [0.05, 0.1) is 49.6 Å². The summed E-state index contributed by atoms with van der Waals surface area (Å²) in [5.74, 6) is -0.371. The molecule has 0 bridgehead atoms. The zero-order chi connectivity index (χ0) is 62.1. The van der Waals surface area contributed by atoms with Crippen LogP contribution in [0.5, 0.6) is 0 Å². The lowest BCUT2D eigenvalue weighted by Gasteiger charge is -2.47. The lowest BCUT2D eigenvalue weighted by atomic mass is 9.80. The van der Waals surface area contributed by atoms with E-state index in [-0.39, 0.29) is 38.5 Å². The quantitative estimate of drug-likeness (QED) is 0.0606. The van der Waals surface area contributed by atoms with Crippen molar-refractivity contribution in [2.24, 2.45) is 69.0 Å². The first-order valence-corrected chi connectivity index (χ1v) is 28.0. The Bertz CT molecular complexity index is 1870. The van der Waals surface area contributed by atoms with Crippen molar-refractivity contribution < 1.29 is 128 Å². The van der Waals surface area contributed by atoms with Crippen LogP contribution in [0.25, 0.3) is 0 Å². The van der Waals surface area contributed by atoms with E-state index in [1.807, 2.05) is 0 Å². The SMILES string of the molecule is C[C@@H]1C[C@H](N)[C@@H](O[C@H]2O[C@H](CN)[C@@H](O)[C@H](O)[C@H]2N)[C@@H](O[C@@H]2O[C@H](CO)[C@@H](O[C@H]3O[C@H](CN)[C@@H](O)[C@H](O)[C@H]3N)[C@H]2O)[C@H]1O.NC[C@@H]1O[C@H](O[C@H]2[C@@H](O)[C@H](O[C@H]3[C@@H](O)[C@H](N)C[C@H](N)[C@H]3O[C@H]3O[C@H](CN)[C@@H](O)[C@H](O)[C@H]3N)O[C@@H]2CO)[C@H](N)[C@@H](O)[C@@H]1O. The van der Waals surface area contributed by atoms with Gasteiger partial charge in [-0.15, -0.1) is 0 Å². The van der Waals surface area contributed by atoms with Gasteiger partial charge in [0, 0.05) is 44.3 Å². The third kappa shape index (κ3) is 14.6. The molecule has 0 aromatic carbocycles. The van der Waals surface area contributed by atoms with Gasteiger partial charge in [0.15, 0.2) is 37.7 Å². The highest BCUT2D eigenvalue weighted by Crippen LogP contribution is 2.38. The summed E-state index contributed by atoms with van der Waals surface area (Å²) in [4.78, 5) is 0. The van der Waals surface area contributed by atoms with E-state index >= 15 is 0 Å². The van der Waals surface area contributed by atoms with Crippen LogP contribution >= 0.6 is 0 Å². The number of aliphatic hydroxyl groups excluding tert-OH is 14. The van der Waals surface area contributed by atoms with Crippen molar-refractivity contribution in [2.45, 2.75) is 246 Å². The molecule has 0 aromatic heterocycles. The third-order valence-electron chi connectivity index (χ3n) is 17.0. The highest BCUT2D eigenvalue weighted by atomic mass is 16.8. The molecule has 0 radical (unpaired) electrons. The molecule has 2 saturated carbocycles. The maximum Gasteiger partial charge on any atom is 0.187 e. The predicted molar refractivity (Wildman–Crippen MR) is 278 cm³/mol. The van der Waals surface area contributed by atoms with E-state index in [0.717, 1.165) is 0 Å². The highest BCUT2D eigenvalue weighted by Gasteiger charge is 2.57. The van der Waals surface area contributed by atoms with Gasteiger partial charge in [-0.2, -0.15) is 0 Å². The highest BCUT2D eigenvalue weighted by molar-refractivity contribution is 5.04. The summed E-state index contributed by atoms with van der Waals surface area (Å²) < 4.78 is 69.5. The van der Waals surface area contributed by atoms with Gasteiger partial charge in [-0.3, -0.25) is 0 Å². The lowest BCUT2D eigenvalue weighted by molar-refractivity contribution is -0.309. The Hall–Kier alpha value is -1.48. The van der Waals surface area contributed by atoms with Crippen LogP contribution in [0.2, 0.25) is 0 Å². The largest absolute Gasteiger partial charge is 0.394 e. The number of nitrogens with two attached hydrogens (primary N) is 11. The summed E-state index contributed by atoms with van der Waals surface area (Å²) in [7, 11) is 0. The normalized spacial score (nSPS) is 53.8. The molecule has 8 aliphatic rings. The van der Waals surface area contributed by atoms with Gasteiger partial charge in [0.2, 0.25) is 0 Å². The van der Waals surface area contributed by atoms with Crippen LogP contribution in [0, 0.1) is 5.92 Å². The number of rotatable bonds is 18. The molecule has 2 aliphatic carbocycles. The minimum absolute atomic E-state index is 0.0889. The zero-order valence-electron chi connectivity index (χ0n) is 46.1. The van der Waals surface area contributed by atoms with Crippen molar-refractivity contribution in [1.82, 2.24) is 0 Å². The Labute approximate surface area is 482 Å². The molecule has 37 nitrogen and oxygen atoms in total. The van der Waals surface area contributed by atoms with E-state index < -0.39 is 240 Å². The summed E-state index contributed by atoms with van der Waals surface area (Å²) >= 11 is 0. The molecule has 8 rings (SSSR count). The van der Waals surface area contributed by atoms with Crippen molar-refractivity contribution in [3.05, 3.63) is 0 Å². The fourth-order valence-corrected chi connectivity index (χ4v) is 11.7. The van der Waals surface area contributed by atoms with Crippen LogP contribution in [0.15, 0.2) is 0 Å². The van der Waals surface area contributed by atoms with E-state index in [2.05, 4.69) is 0 Å². The van der Waals surface area contributed by atoms with Gasteiger partial charge in [-0.05, 0) is 18.8 Å². The van der Waals surface area contributed by atoms with E-state index in [1.165, 1.54) is 0 Å². The average molecular weight is 1230 g/mol. The molecule has 38 atom stereocenters. The molecule has 8 fully saturated rings.